The van der Waals surface area contributed by atoms with Crippen molar-refractivity contribution < 1.29 is 22.7 Å². The number of rotatable bonds is 7. The Morgan fingerprint density at radius 2 is 1.60 bits per heavy atom. The third kappa shape index (κ3) is 5.47. The minimum atomic E-state index is -3.71. The highest BCUT2D eigenvalue weighted by atomic mass is 32.2. The van der Waals surface area contributed by atoms with Gasteiger partial charge in [-0.1, -0.05) is 0 Å². The standard InChI is InChI=1S/C26H33N3O5S/c30-26(27-20-7-9-22(10-8-20)34-21-5-1-2-6-21)24-19-23(11-12-25(24)28-13-3-4-14-28)35(31,32)29-15-17-33-18-16-29/h7-12,19,21H,1-6,13-18H2,(H,27,30). The predicted molar refractivity (Wildman–Crippen MR) is 135 cm³/mol. The highest BCUT2D eigenvalue weighted by molar-refractivity contribution is 7.89. The number of nitrogens with one attached hydrogen (secondary N) is 1. The molecule has 188 valence electrons. The molecule has 0 atom stereocenters. The van der Waals surface area contributed by atoms with Crippen LogP contribution in [-0.2, 0) is 14.8 Å². The van der Waals surface area contributed by atoms with E-state index < -0.39 is 10.0 Å². The fourth-order valence-electron chi connectivity index (χ4n) is 5.04. The van der Waals surface area contributed by atoms with E-state index in [1.54, 1.807) is 12.1 Å². The average Bonchev–Trinajstić information content (AvgIpc) is 3.60. The number of ether oxygens (including phenoxy) is 2. The number of morpholine rings is 1. The summed E-state index contributed by atoms with van der Waals surface area (Å²) >= 11 is 0. The highest BCUT2D eigenvalue weighted by Crippen LogP contribution is 2.30. The molecule has 2 heterocycles. The van der Waals surface area contributed by atoms with Gasteiger partial charge in [0.25, 0.3) is 5.91 Å². The Hall–Kier alpha value is -2.62. The van der Waals surface area contributed by atoms with E-state index in [9.17, 15) is 13.2 Å². The largest absolute Gasteiger partial charge is 0.490 e. The lowest BCUT2D eigenvalue weighted by Gasteiger charge is -2.27. The molecule has 2 saturated heterocycles. The molecule has 5 rings (SSSR count). The highest BCUT2D eigenvalue weighted by Gasteiger charge is 2.29. The molecule has 0 radical (unpaired) electrons. The Kier molecular flexibility index (Phi) is 7.27. The summed E-state index contributed by atoms with van der Waals surface area (Å²) in [6, 6.07) is 12.3. The molecular weight excluding hydrogens is 466 g/mol. The third-order valence-corrected chi connectivity index (χ3v) is 8.88. The molecule has 0 aromatic heterocycles. The van der Waals surface area contributed by atoms with Crippen molar-refractivity contribution in [3.8, 4) is 5.75 Å². The maximum absolute atomic E-state index is 13.4. The second-order valence-electron chi connectivity index (χ2n) is 9.39. The monoisotopic (exact) mass is 499 g/mol. The van der Waals surface area contributed by atoms with Gasteiger partial charge in [-0.05, 0) is 81.0 Å². The van der Waals surface area contributed by atoms with E-state index in [1.807, 2.05) is 24.3 Å². The van der Waals surface area contributed by atoms with Crippen LogP contribution in [0.5, 0.6) is 5.75 Å². The second kappa shape index (κ2) is 10.6. The number of amides is 1. The molecule has 2 aliphatic heterocycles. The number of hydrogen-bond acceptors (Lipinski definition) is 6. The van der Waals surface area contributed by atoms with Crippen molar-refractivity contribution in [1.82, 2.24) is 4.31 Å². The molecule has 1 amide bonds. The maximum atomic E-state index is 13.4. The van der Waals surface area contributed by atoms with Crippen LogP contribution in [0.1, 0.15) is 48.9 Å². The van der Waals surface area contributed by atoms with Gasteiger partial charge >= 0.3 is 0 Å². The number of carbonyl (C=O) groups excluding carboxylic acids is 1. The van der Waals surface area contributed by atoms with Gasteiger partial charge in [0.05, 0.1) is 29.8 Å². The minimum Gasteiger partial charge on any atom is -0.490 e. The van der Waals surface area contributed by atoms with Gasteiger partial charge in [-0.15, -0.1) is 0 Å². The molecule has 1 aliphatic carbocycles. The molecular formula is C26H33N3O5S. The van der Waals surface area contributed by atoms with Gasteiger partial charge in [-0.2, -0.15) is 4.31 Å². The molecule has 2 aromatic rings. The summed E-state index contributed by atoms with van der Waals surface area (Å²) in [6.07, 6.45) is 6.96. The first-order valence-electron chi connectivity index (χ1n) is 12.6. The van der Waals surface area contributed by atoms with Crippen LogP contribution in [-0.4, -0.2) is 64.1 Å². The van der Waals surface area contributed by atoms with E-state index in [0.717, 1.165) is 50.2 Å². The Labute approximate surface area is 207 Å². The first kappa shape index (κ1) is 24.1. The van der Waals surface area contributed by atoms with Gasteiger partial charge in [0.15, 0.2) is 0 Å². The van der Waals surface area contributed by atoms with Crippen LogP contribution in [0.2, 0.25) is 0 Å². The van der Waals surface area contributed by atoms with Gasteiger partial charge < -0.3 is 19.7 Å². The summed E-state index contributed by atoms with van der Waals surface area (Å²) in [5.41, 5.74) is 1.78. The zero-order valence-corrected chi connectivity index (χ0v) is 20.8. The maximum Gasteiger partial charge on any atom is 0.257 e. The molecule has 3 aliphatic rings. The van der Waals surface area contributed by atoms with Crippen molar-refractivity contribution in [3.05, 3.63) is 48.0 Å². The molecule has 9 heteroatoms. The lowest BCUT2D eigenvalue weighted by molar-refractivity contribution is 0.0730. The zero-order valence-electron chi connectivity index (χ0n) is 19.9. The van der Waals surface area contributed by atoms with Crippen molar-refractivity contribution >= 4 is 27.3 Å². The van der Waals surface area contributed by atoms with Crippen LogP contribution in [0.3, 0.4) is 0 Å². The minimum absolute atomic E-state index is 0.132. The third-order valence-electron chi connectivity index (χ3n) is 6.98. The van der Waals surface area contributed by atoms with Crippen molar-refractivity contribution in [2.45, 2.75) is 49.5 Å². The Morgan fingerprint density at radius 3 is 2.29 bits per heavy atom. The fourth-order valence-corrected chi connectivity index (χ4v) is 6.48. The SMILES string of the molecule is O=C(Nc1ccc(OC2CCCC2)cc1)c1cc(S(=O)(=O)N2CCOCC2)ccc1N1CCCC1. The number of hydrogen-bond donors (Lipinski definition) is 1. The predicted octanol–water partition coefficient (Wildman–Crippen LogP) is 3.88. The lowest BCUT2D eigenvalue weighted by Crippen LogP contribution is -2.40. The summed E-state index contributed by atoms with van der Waals surface area (Å²) in [5, 5.41) is 2.95. The van der Waals surface area contributed by atoms with Crippen LogP contribution >= 0.6 is 0 Å². The van der Waals surface area contributed by atoms with Crippen molar-refractivity contribution in [2.24, 2.45) is 0 Å². The molecule has 1 N–H and O–H groups in total. The van der Waals surface area contributed by atoms with E-state index in [-0.39, 0.29) is 16.9 Å². The van der Waals surface area contributed by atoms with Gasteiger partial charge in [0.2, 0.25) is 10.0 Å². The summed E-state index contributed by atoms with van der Waals surface area (Å²) in [5.74, 6) is 0.474. The smallest absolute Gasteiger partial charge is 0.257 e. The number of nitrogens with zero attached hydrogens (tertiary/aromatic N) is 2. The quantitative estimate of drug-likeness (QED) is 0.622. The molecule has 0 spiro atoms. The van der Waals surface area contributed by atoms with Crippen molar-refractivity contribution in [2.75, 3.05) is 49.6 Å². The Balaban J connectivity index is 1.38. The number of anilines is 2. The molecule has 0 unspecified atom stereocenters. The van der Waals surface area contributed by atoms with Gasteiger partial charge in [-0.25, -0.2) is 8.42 Å². The molecule has 35 heavy (non-hydrogen) atoms. The average molecular weight is 500 g/mol. The van der Waals surface area contributed by atoms with Crippen LogP contribution in [0.4, 0.5) is 11.4 Å². The molecule has 0 bridgehead atoms. The van der Waals surface area contributed by atoms with E-state index >= 15 is 0 Å². The number of carbonyl (C=O) groups is 1. The van der Waals surface area contributed by atoms with Crippen molar-refractivity contribution in [1.29, 1.82) is 0 Å². The van der Waals surface area contributed by atoms with E-state index in [1.165, 1.54) is 23.2 Å². The first-order chi connectivity index (χ1) is 17.0. The topological polar surface area (TPSA) is 88.2 Å². The molecule has 1 saturated carbocycles. The Morgan fingerprint density at radius 1 is 0.914 bits per heavy atom. The molecule has 2 aromatic carbocycles. The summed E-state index contributed by atoms with van der Waals surface area (Å²) in [4.78, 5) is 15.7. The first-order valence-corrected chi connectivity index (χ1v) is 14.0. The number of sulfonamides is 1. The fraction of sp³-hybridized carbons (Fsp3) is 0.500. The van der Waals surface area contributed by atoms with Crippen LogP contribution < -0.4 is 15.0 Å². The van der Waals surface area contributed by atoms with Crippen molar-refractivity contribution in [3.63, 3.8) is 0 Å². The van der Waals surface area contributed by atoms with E-state index in [0.29, 0.717) is 37.6 Å². The van der Waals surface area contributed by atoms with E-state index in [4.69, 9.17) is 9.47 Å². The van der Waals surface area contributed by atoms with Gasteiger partial charge in [-0.3, -0.25) is 4.79 Å². The summed E-state index contributed by atoms with van der Waals surface area (Å²) < 4.78 is 39.2. The summed E-state index contributed by atoms with van der Waals surface area (Å²) in [7, 11) is -3.71. The molecule has 8 nitrogen and oxygen atoms in total. The second-order valence-corrected chi connectivity index (χ2v) is 11.3. The lowest BCUT2D eigenvalue weighted by atomic mass is 10.1. The van der Waals surface area contributed by atoms with Gasteiger partial charge in [0, 0.05) is 37.6 Å². The van der Waals surface area contributed by atoms with Crippen LogP contribution in [0, 0.1) is 0 Å². The summed E-state index contributed by atoms with van der Waals surface area (Å²) in [6.45, 7) is 3.07. The Bertz CT molecular complexity index is 1130. The van der Waals surface area contributed by atoms with Gasteiger partial charge in [0.1, 0.15) is 5.75 Å². The number of benzene rings is 2. The normalized spacial score (nSPS) is 19.7. The molecule has 3 fully saturated rings. The van der Waals surface area contributed by atoms with Crippen LogP contribution in [0.25, 0.3) is 0 Å². The van der Waals surface area contributed by atoms with E-state index in [2.05, 4.69) is 10.2 Å². The van der Waals surface area contributed by atoms with Crippen LogP contribution in [0.15, 0.2) is 47.4 Å². The zero-order chi connectivity index (χ0) is 24.3.